The summed E-state index contributed by atoms with van der Waals surface area (Å²) in [5.41, 5.74) is 0.788. The standard InChI is InChI=1S/C23H24N2O5S/c1-25(19-9-4-3-5-10-19)31(27,28)22-13-6-8-18(16-22)23(26)24-14-15-30-21-12-7-11-20(17-21)29-2/h3-13,16-17H,14-15H2,1-2H3,(H,24,26). The molecule has 3 aromatic carbocycles. The molecule has 7 nitrogen and oxygen atoms in total. The molecule has 0 spiro atoms. The van der Waals surface area contributed by atoms with E-state index in [0.29, 0.717) is 17.2 Å². The second-order valence-corrected chi connectivity index (χ2v) is 8.59. The second-order valence-electron chi connectivity index (χ2n) is 6.62. The van der Waals surface area contributed by atoms with E-state index in [0.717, 1.165) is 0 Å². The van der Waals surface area contributed by atoms with Gasteiger partial charge in [-0.1, -0.05) is 30.3 Å². The first-order valence-electron chi connectivity index (χ1n) is 9.61. The third-order valence-electron chi connectivity index (χ3n) is 4.57. The summed E-state index contributed by atoms with van der Waals surface area (Å²) in [6.45, 7) is 0.518. The molecule has 0 bridgehead atoms. The summed E-state index contributed by atoms with van der Waals surface area (Å²) in [5, 5.41) is 2.73. The molecule has 0 radical (unpaired) electrons. The van der Waals surface area contributed by atoms with Gasteiger partial charge < -0.3 is 14.8 Å². The molecule has 0 aliphatic heterocycles. The minimum Gasteiger partial charge on any atom is -0.497 e. The van der Waals surface area contributed by atoms with Gasteiger partial charge >= 0.3 is 0 Å². The molecule has 0 heterocycles. The maximum Gasteiger partial charge on any atom is 0.264 e. The van der Waals surface area contributed by atoms with Crippen molar-refractivity contribution >= 4 is 21.6 Å². The van der Waals surface area contributed by atoms with Crippen molar-refractivity contribution in [2.75, 3.05) is 31.6 Å². The molecular weight excluding hydrogens is 416 g/mol. The van der Waals surface area contributed by atoms with E-state index < -0.39 is 10.0 Å². The number of methoxy groups -OCH3 is 1. The Hall–Kier alpha value is -3.52. The minimum absolute atomic E-state index is 0.0409. The third-order valence-corrected chi connectivity index (χ3v) is 6.35. The molecule has 0 unspecified atom stereocenters. The van der Waals surface area contributed by atoms with Gasteiger partial charge in [-0.3, -0.25) is 9.10 Å². The molecule has 0 aliphatic rings. The molecular formula is C23H24N2O5S. The predicted octanol–water partition coefficient (Wildman–Crippen LogP) is 3.33. The van der Waals surface area contributed by atoms with Crippen LogP contribution in [0.1, 0.15) is 10.4 Å². The van der Waals surface area contributed by atoms with Gasteiger partial charge in [0.15, 0.2) is 0 Å². The first kappa shape index (κ1) is 22.2. The smallest absolute Gasteiger partial charge is 0.264 e. The molecule has 0 saturated heterocycles. The van der Waals surface area contributed by atoms with Crippen molar-refractivity contribution < 1.29 is 22.7 Å². The maximum absolute atomic E-state index is 12.9. The molecule has 0 saturated carbocycles. The molecule has 3 aromatic rings. The number of nitrogens with zero attached hydrogens (tertiary/aromatic N) is 1. The van der Waals surface area contributed by atoms with Crippen LogP contribution < -0.4 is 19.1 Å². The Morgan fingerprint density at radius 2 is 1.65 bits per heavy atom. The van der Waals surface area contributed by atoms with Crippen molar-refractivity contribution in [2.24, 2.45) is 0 Å². The third kappa shape index (κ3) is 5.55. The number of sulfonamides is 1. The van der Waals surface area contributed by atoms with Gasteiger partial charge in [-0.05, 0) is 42.5 Å². The van der Waals surface area contributed by atoms with Crippen molar-refractivity contribution in [3.8, 4) is 11.5 Å². The number of nitrogens with one attached hydrogen (secondary N) is 1. The highest BCUT2D eigenvalue weighted by atomic mass is 32.2. The van der Waals surface area contributed by atoms with E-state index in [9.17, 15) is 13.2 Å². The quantitative estimate of drug-likeness (QED) is 0.516. The van der Waals surface area contributed by atoms with E-state index in [1.54, 1.807) is 55.6 Å². The summed E-state index contributed by atoms with van der Waals surface area (Å²) in [4.78, 5) is 12.5. The molecule has 1 N–H and O–H groups in total. The highest BCUT2D eigenvalue weighted by Gasteiger charge is 2.22. The van der Waals surface area contributed by atoms with Crippen LogP contribution in [-0.4, -0.2) is 41.6 Å². The van der Waals surface area contributed by atoms with Crippen molar-refractivity contribution in [3.05, 3.63) is 84.4 Å². The molecule has 162 valence electrons. The van der Waals surface area contributed by atoms with Crippen molar-refractivity contribution in [3.63, 3.8) is 0 Å². The van der Waals surface area contributed by atoms with Crippen LogP contribution in [-0.2, 0) is 10.0 Å². The number of hydrogen-bond acceptors (Lipinski definition) is 5. The summed E-state index contributed by atoms with van der Waals surface area (Å²) in [7, 11) is -0.745. The molecule has 31 heavy (non-hydrogen) atoms. The maximum atomic E-state index is 12.9. The summed E-state index contributed by atoms with van der Waals surface area (Å²) >= 11 is 0. The summed E-state index contributed by atoms with van der Waals surface area (Å²) < 4.78 is 37.8. The lowest BCUT2D eigenvalue weighted by atomic mass is 10.2. The van der Waals surface area contributed by atoms with Crippen LogP contribution >= 0.6 is 0 Å². The normalized spacial score (nSPS) is 10.9. The lowest BCUT2D eigenvalue weighted by Gasteiger charge is -2.19. The Balaban J connectivity index is 1.62. The van der Waals surface area contributed by atoms with Gasteiger partial charge in [0.1, 0.15) is 18.1 Å². The highest BCUT2D eigenvalue weighted by Crippen LogP contribution is 2.22. The Bertz CT molecular complexity index is 1130. The van der Waals surface area contributed by atoms with E-state index in [2.05, 4.69) is 5.32 Å². The Labute approximate surface area is 182 Å². The molecule has 3 rings (SSSR count). The van der Waals surface area contributed by atoms with Gasteiger partial charge in [0.2, 0.25) is 0 Å². The molecule has 0 aliphatic carbocycles. The van der Waals surface area contributed by atoms with Gasteiger partial charge in [-0.2, -0.15) is 0 Å². The first-order valence-corrected chi connectivity index (χ1v) is 11.0. The van der Waals surface area contributed by atoms with Crippen molar-refractivity contribution in [1.82, 2.24) is 5.32 Å². The summed E-state index contributed by atoms with van der Waals surface area (Å²) in [6.07, 6.45) is 0. The summed E-state index contributed by atoms with van der Waals surface area (Å²) in [5.74, 6) is 0.930. The predicted molar refractivity (Wildman–Crippen MR) is 119 cm³/mol. The van der Waals surface area contributed by atoms with Gasteiger partial charge in [-0.25, -0.2) is 8.42 Å². The van der Waals surface area contributed by atoms with E-state index in [1.165, 1.54) is 23.5 Å². The monoisotopic (exact) mass is 440 g/mol. The van der Waals surface area contributed by atoms with E-state index in [-0.39, 0.29) is 29.5 Å². The van der Waals surface area contributed by atoms with E-state index >= 15 is 0 Å². The van der Waals surface area contributed by atoms with Crippen LogP contribution in [0.4, 0.5) is 5.69 Å². The second kappa shape index (κ2) is 9.99. The number of rotatable bonds is 9. The topological polar surface area (TPSA) is 84.9 Å². The van der Waals surface area contributed by atoms with E-state index in [1.807, 2.05) is 18.2 Å². The lowest BCUT2D eigenvalue weighted by Crippen LogP contribution is -2.29. The zero-order valence-electron chi connectivity index (χ0n) is 17.3. The lowest BCUT2D eigenvalue weighted by molar-refractivity contribution is 0.0946. The van der Waals surface area contributed by atoms with Gasteiger partial charge in [-0.15, -0.1) is 0 Å². The number of para-hydroxylation sites is 1. The zero-order valence-corrected chi connectivity index (χ0v) is 18.1. The van der Waals surface area contributed by atoms with Crippen LogP contribution in [0.5, 0.6) is 11.5 Å². The van der Waals surface area contributed by atoms with Crippen LogP contribution in [0, 0.1) is 0 Å². The van der Waals surface area contributed by atoms with Gasteiger partial charge in [0, 0.05) is 18.7 Å². The number of benzene rings is 3. The number of carbonyl (C=O) groups is 1. The van der Waals surface area contributed by atoms with Gasteiger partial charge in [0.25, 0.3) is 15.9 Å². The van der Waals surface area contributed by atoms with E-state index in [4.69, 9.17) is 9.47 Å². The van der Waals surface area contributed by atoms with Gasteiger partial charge in [0.05, 0.1) is 24.2 Å². The Kier molecular flexibility index (Phi) is 7.15. The highest BCUT2D eigenvalue weighted by molar-refractivity contribution is 7.92. The van der Waals surface area contributed by atoms with Crippen LogP contribution in [0.25, 0.3) is 0 Å². The average Bonchev–Trinajstić information content (AvgIpc) is 2.82. The largest absolute Gasteiger partial charge is 0.497 e. The molecule has 8 heteroatoms. The van der Waals surface area contributed by atoms with Crippen LogP contribution in [0.15, 0.2) is 83.8 Å². The number of carbonyl (C=O) groups excluding carboxylic acids is 1. The number of amides is 1. The Morgan fingerprint density at radius 1 is 0.935 bits per heavy atom. The first-order chi connectivity index (χ1) is 14.9. The average molecular weight is 441 g/mol. The fourth-order valence-electron chi connectivity index (χ4n) is 2.86. The summed E-state index contributed by atoms with van der Waals surface area (Å²) in [6, 6.07) is 21.9. The number of anilines is 1. The molecule has 0 fully saturated rings. The molecule has 0 aromatic heterocycles. The van der Waals surface area contributed by atoms with Crippen LogP contribution in [0.3, 0.4) is 0 Å². The Morgan fingerprint density at radius 3 is 2.39 bits per heavy atom. The van der Waals surface area contributed by atoms with Crippen molar-refractivity contribution in [2.45, 2.75) is 4.90 Å². The fourth-order valence-corrected chi connectivity index (χ4v) is 4.10. The number of ether oxygens (including phenoxy) is 2. The molecule has 1 amide bonds. The fraction of sp³-hybridized carbons (Fsp3) is 0.174. The molecule has 0 atom stereocenters. The zero-order chi connectivity index (χ0) is 22.3. The SMILES string of the molecule is COc1cccc(OCCNC(=O)c2cccc(S(=O)(=O)N(C)c3ccccc3)c2)c1. The minimum atomic E-state index is -3.80. The number of hydrogen-bond donors (Lipinski definition) is 1. The van der Waals surface area contributed by atoms with Crippen molar-refractivity contribution in [1.29, 1.82) is 0 Å². The van der Waals surface area contributed by atoms with Crippen LogP contribution in [0.2, 0.25) is 0 Å².